The van der Waals surface area contributed by atoms with E-state index in [1.165, 1.54) is 7.11 Å². The average Bonchev–Trinajstić information content (AvgIpc) is 3.47. The molecular formula is C22H20N2O4. The van der Waals surface area contributed by atoms with Crippen molar-refractivity contribution in [2.24, 2.45) is 0 Å². The minimum absolute atomic E-state index is 0.212. The van der Waals surface area contributed by atoms with Crippen LogP contribution in [-0.2, 0) is 4.74 Å². The maximum absolute atomic E-state index is 13.0. The summed E-state index contributed by atoms with van der Waals surface area (Å²) in [5, 5.41) is 2.79. The number of oxazole rings is 1. The van der Waals surface area contributed by atoms with Crippen LogP contribution in [-0.4, -0.2) is 24.0 Å². The van der Waals surface area contributed by atoms with E-state index in [1.807, 2.05) is 43.3 Å². The number of nitrogens with one attached hydrogen (secondary N) is 1. The lowest BCUT2D eigenvalue weighted by Gasteiger charge is -2.10. The highest BCUT2D eigenvalue weighted by Crippen LogP contribution is 2.43. The molecule has 0 bridgehead atoms. The van der Waals surface area contributed by atoms with Crippen LogP contribution in [0.5, 0.6) is 0 Å². The van der Waals surface area contributed by atoms with Crippen LogP contribution in [0, 0.1) is 6.92 Å². The van der Waals surface area contributed by atoms with Crippen LogP contribution in [0.3, 0.4) is 0 Å². The summed E-state index contributed by atoms with van der Waals surface area (Å²) in [6.07, 6.45) is 1.95. The first-order chi connectivity index (χ1) is 13.6. The number of hydrogen-bond acceptors (Lipinski definition) is 5. The van der Waals surface area contributed by atoms with Crippen molar-refractivity contribution in [3.63, 3.8) is 0 Å². The monoisotopic (exact) mass is 376 g/mol. The number of amides is 1. The number of nitrogens with zero attached hydrogens (tertiary/aromatic N) is 1. The summed E-state index contributed by atoms with van der Waals surface area (Å²) < 4.78 is 10.8. The summed E-state index contributed by atoms with van der Waals surface area (Å²) >= 11 is 0. The Labute approximate surface area is 162 Å². The van der Waals surface area contributed by atoms with E-state index in [1.54, 1.807) is 12.1 Å². The van der Waals surface area contributed by atoms with E-state index in [9.17, 15) is 9.59 Å². The van der Waals surface area contributed by atoms with Crippen LogP contribution >= 0.6 is 0 Å². The molecule has 1 fully saturated rings. The highest BCUT2D eigenvalue weighted by molar-refractivity contribution is 6.08. The van der Waals surface area contributed by atoms with Crippen molar-refractivity contribution in [2.75, 3.05) is 12.4 Å². The summed E-state index contributed by atoms with van der Waals surface area (Å²) in [7, 11) is 1.31. The zero-order valence-corrected chi connectivity index (χ0v) is 15.7. The fourth-order valence-electron chi connectivity index (χ4n) is 3.05. The van der Waals surface area contributed by atoms with Crippen molar-refractivity contribution in [1.82, 2.24) is 4.98 Å². The Morgan fingerprint density at radius 2 is 1.89 bits per heavy atom. The largest absolute Gasteiger partial charge is 0.465 e. The third-order valence-electron chi connectivity index (χ3n) is 4.67. The molecule has 2 aromatic carbocycles. The lowest BCUT2D eigenvalue weighted by molar-refractivity contribution is 0.0602. The lowest BCUT2D eigenvalue weighted by atomic mass is 10.1. The standard InChI is InChI=1S/C22H20N2O4/c1-13-8-11-17(16(12-13)22(26)27-2)23-20(25)18-19(14-9-10-14)28-21(24-18)15-6-4-3-5-7-15/h3-8,11-12,14H,9-10H2,1-2H3,(H,23,25). The number of esters is 1. The number of carbonyl (C=O) groups excluding carboxylic acids is 2. The number of ether oxygens (including phenoxy) is 1. The quantitative estimate of drug-likeness (QED) is 0.660. The molecule has 1 N–H and O–H groups in total. The zero-order valence-electron chi connectivity index (χ0n) is 15.7. The molecule has 28 heavy (non-hydrogen) atoms. The molecule has 1 aliphatic carbocycles. The fourth-order valence-corrected chi connectivity index (χ4v) is 3.05. The smallest absolute Gasteiger partial charge is 0.339 e. The molecule has 3 aromatic rings. The van der Waals surface area contributed by atoms with Gasteiger partial charge in [-0.1, -0.05) is 29.8 Å². The predicted octanol–water partition coefficient (Wildman–Crippen LogP) is 4.57. The van der Waals surface area contributed by atoms with Gasteiger partial charge in [-0.3, -0.25) is 4.79 Å². The molecule has 0 aliphatic heterocycles. The van der Waals surface area contributed by atoms with Crippen molar-refractivity contribution in [3.8, 4) is 11.5 Å². The van der Waals surface area contributed by atoms with Gasteiger partial charge in [0.25, 0.3) is 5.91 Å². The summed E-state index contributed by atoms with van der Waals surface area (Å²) in [5.74, 6) is 0.324. The molecule has 0 saturated heterocycles. The number of aryl methyl sites for hydroxylation is 1. The van der Waals surface area contributed by atoms with E-state index in [-0.39, 0.29) is 11.6 Å². The van der Waals surface area contributed by atoms with E-state index in [2.05, 4.69) is 10.3 Å². The van der Waals surface area contributed by atoms with Crippen LogP contribution in [0.25, 0.3) is 11.5 Å². The Kier molecular flexibility index (Phi) is 4.69. The second-order valence-electron chi connectivity index (χ2n) is 6.87. The number of hydrogen-bond donors (Lipinski definition) is 1. The topological polar surface area (TPSA) is 81.4 Å². The number of rotatable bonds is 5. The summed E-state index contributed by atoms with van der Waals surface area (Å²) in [6, 6.07) is 14.7. The van der Waals surface area contributed by atoms with E-state index < -0.39 is 11.9 Å². The second-order valence-corrected chi connectivity index (χ2v) is 6.87. The van der Waals surface area contributed by atoms with E-state index in [4.69, 9.17) is 9.15 Å². The first-order valence-electron chi connectivity index (χ1n) is 9.13. The van der Waals surface area contributed by atoms with Crippen LogP contribution < -0.4 is 5.32 Å². The number of carbonyl (C=O) groups is 2. The van der Waals surface area contributed by atoms with Crippen molar-refractivity contribution >= 4 is 17.6 Å². The fraction of sp³-hybridized carbons (Fsp3) is 0.227. The minimum atomic E-state index is -0.508. The molecular weight excluding hydrogens is 356 g/mol. The molecule has 6 heteroatoms. The van der Waals surface area contributed by atoms with Gasteiger partial charge in [-0.05, 0) is 44.0 Å². The van der Waals surface area contributed by atoms with E-state index in [0.29, 0.717) is 22.9 Å². The molecule has 6 nitrogen and oxygen atoms in total. The van der Waals surface area contributed by atoms with Gasteiger partial charge in [0.15, 0.2) is 5.69 Å². The minimum Gasteiger partial charge on any atom is -0.465 e. The zero-order chi connectivity index (χ0) is 19.7. The average molecular weight is 376 g/mol. The summed E-state index contributed by atoms with van der Waals surface area (Å²) in [6.45, 7) is 1.87. The highest BCUT2D eigenvalue weighted by Gasteiger charge is 2.34. The number of benzene rings is 2. The number of aromatic nitrogens is 1. The molecule has 0 unspecified atom stereocenters. The first-order valence-corrected chi connectivity index (χ1v) is 9.13. The molecule has 1 aromatic heterocycles. The highest BCUT2D eigenvalue weighted by atomic mass is 16.5. The molecule has 1 heterocycles. The number of methoxy groups -OCH3 is 1. The van der Waals surface area contributed by atoms with Crippen LogP contribution in [0.2, 0.25) is 0 Å². The van der Waals surface area contributed by atoms with Gasteiger partial charge in [0.1, 0.15) is 5.76 Å². The molecule has 142 valence electrons. The Balaban J connectivity index is 1.68. The molecule has 0 spiro atoms. The maximum atomic E-state index is 13.0. The second kappa shape index (κ2) is 7.31. The van der Waals surface area contributed by atoms with Crippen molar-refractivity contribution in [2.45, 2.75) is 25.7 Å². The Bertz CT molecular complexity index is 1040. The molecule has 0 radical (unpaired) electrons. The van der Waals surface area contributed by atoms with Gasteiger partial charge in [-0.2, -0.15) is 0 Å². The van der Waals surface area contributed by atoms with Crippen LogP contribution in [0.4, 0.5) is 5.69 Å². The Hall–Kier alpha value is -3.41. The van der Waals surface area contributed by atoms with Gasteiger partial charge in [-0.15, -0.1) is 0 Å². The SMILES string of the molecule is COC(=O)c1cc(C)ccc1NC(=O)c1nc(-c2ccccc2)oc1C1CC1. The first kappa shape index (κ1) is 18.0. The molecule has 1 amide bonds. The molecule has 0 atom stereocenters. The molecule has 4 rings (SSSR count). The summed E-state index contributed by atoms with van der Waals surface area (Å²) in [4.78, 5) is 29.5. The van der Waals surface area contributed by atoms with Crippen molar-refractivity contribution in [1.29, 1.82) is 0 Å². The van der Waals surface area contributed by atoms with Crippen molar-refractivity contribution in [3.05, 3.63) is 71.1 Å². The van der Waals surface area contributed by atoms with Crippen molar-refractivity contribution < 1.29 is 18.7 Å². The number of anilines is 1. The molecule has 1 saturated carbocycles. The Morgan fingerprint density at radius 3 is 2.57 bits per heavy atom. The van der Waals surface area contributed by atoms with Gasteiger partial charge < -0.3 is 14.5 Å². The van der Waals surface area contributed by atoms with E-state index in [0.717, 1.165) is 24.0 Å². The molecule has 1 aliphatic rings. The van der Waals surface area contributed by atoms with Crippen LogP contribution in [0.1, 0.15) is 50.9 Å². The normalized spacial score (nSPS) is 13.2. The Morgan fingerprint density at radius 1 is 1.14 bits per heavy atom. The maximum Gasteiger partial charge on any atom is 0.339 e. The van der Waals surface area contributed by atoms with Gasteiger partial charge in [0, 0.05) is 11.5 Å². The predicted molar refractivity (Wildman–Crippen MR) is 104 cm³/mol. The van der Waals surface area contributed by atoms with Gasteiger partial charge in [0.2, 0.25) is 5.89 Å². The lowest BCUT2D eigenvalue weighted by Crippen LogP contribution is -2.17. The van der Waals surface area contributed by atoms with E-state index >= 15 is 0 Å². The van der Waals surface area contributed by atoms with Gasteiger partial charge in [-0.25, -0.2) is 9.78 Å². The summed E-state index contributed by atoms with van der Waals surface area (Å²) in [5.41, 5.74) is 2.65. The van der Waals surface area contributed by atoms with Gasteiger partial charge in [0.05, 0.1) is 18.4 Å². The third kappa shape index (κ3) is 3.53. The van der Waals surface area contributed by atoms with Gasteiger partial charge >= 0.3 is 5.97 Å². The third-order valence-corrected chi connectivity index (χ3v) is 4.67. The van der Waals surface area contributed by atoms with Crippen LogP contribution in [0.15, 0.2) is 52.9 Å².